The Morgan fingerprint density at radius 2 is 1.56 bits per heavy atom. The van der Waals surface area contributed by atoms with Crippen LogP contribution in [0.2, 0.25) is 0 Å². The van der Waals surface area contributed by atoms with Crippen LogP contribution in [0.1, 0.15) is 33.1 Å². The van der Waals surface area contributed by atoms with Gasteiger partial charge in [-0.15, -0.1) is 0 Å². The summed E-state index contributed by atoms with van der Waals surface area (Å²) in [4.78, 5) is 12.8. The highest BCUT2D eigenvalue weighted by atomic mass is 32.2. The van der Waals surface area contributed by atoms with Crippen molar-refractivity contribution in [1.29, 1.82) is 0 Å². The minimum absolute atomic E-state index is 0.0242. The normalized spacial score (nSPS) is 15.2. The molecule has 0 radical (unpaired) electrons. The lowest BCUT2D eigenvalue weighted by Crippen LogP contribution is -2.37. The molecule has 1 heterocycles. The van der Waals surface area contributed by atoms with Crippen LogP contribution in [-0.2, 0) is 24.8 Å². The van der Waals surface area contributed by atoms with Crippen molar-refractivity contribution >= 4 is 37.3 Å². The summed E-state index contributed by atoms with van der Waals surface area (Å²) in [5.74, 6) is 0.0378. The van der Waals surface area contributed by atoms with Crippen molar-refractivity contribution in [3.05, 3.63) is 48.5 Å². The molecule has 2 aromatic carbocycles. The second-order valence-electron chi connectivity index (χ2n) is 8.47. The standard InChI is InChI=1S/C23H31N3O6S2/c1-18(2)32-21-11-9-20(10-12-21)26(33(3,28)29)17-23(27)24-19-7-13-22(14-8-19)34(30,31)25-15-5-4-6-16-25/h7-14,18H,4-6,15-17H2,1-3H3,(H,24,27). The predicted molar refractivity (Wildman–Crippen MR) is 132 cm³/mol. The number of hydrogen-bond acceptors (Lipinski definition) is 6. The topological polar surface area (TPSA) is 113 Å². The van der Waals surface area contributed by atoms with Crippen molar-refractivity contribution in [1.82, 2.24) is 4.31 Å². The molecule has 0 aliphatic carbocycles. The summed E-state index contributed by atoms with van der Waals surface area (Å²) >= 11 is 0. The number of carbonyl (C=O) groups is 1. The van der Waals surface area contributed by atoms with E-state index in [1.54, 1.807) is 24.3 Å². The molecule has 9 nitrogen and oxygen atoms in total. The minimum Gasteiger partial charge on any atom is -0.491 e. The quantitative estimate of drug-likeness (QED) is 0.556. The van der Waals surface area contributed by atoms with Crippen LogP contribution in [-0.4, -0.2) is 59.0 Å². The zero-order valence-electron chi connectivity index (χ0n) is 19.6. The number of hydrogen-bond donors (Lipinski definition) is 1. The van der Waals surface area contributed by atoms with Gasteiger partial charge in [-0.25, -0.2) is 16.8 Å². The Labute approximate surface area is 201 Å². The Balaban J connectivity index is 1.69. The van der Waals surface area contributed by atoms with Crippen molar-refractivity contribution < 1.29 is 26.4 Å². The molecule has 186 valence electrons. The van der Waals surface area contributed by atoms with Crippen LogP contribution in [0, 0.1) is 0 Å². The van der Waals surface area contributed by atoms with Gasteiger partial charge in [-0.2, -0.15) is 4.31 Å². The average Bonchev–Trinajstić information content (AvgIpc) is 2.78. The summed E-state index contributed by atoms with van der Waals surface area (Å²) in [6.07, 6.45) is 3.72. The molecule has 3 rings (SSSR count). The molecule has 0 unspecified atom stereocenters. The Kier molecular flexibility index (Phi) is 8.21. The lowest BCUT2D eigenvalue weighted by atomic mass is 10.2. The smallest absolute Gasteiger partial charge is 0.245 e. The molecule has 1 N–H and O–H groups in total. The van der Waals surface area contributed by atoms with Gasteiger partial charge in [-0.3, -0.25) is 9.10 Å². The van der Waals surface area contributed by atoms with Crippen molar-refractivity contribution in [2.45, 2.75) is 44.1 Å². The first kappa shape index (κ1) is 26.0. The highest BCUT2D eigenvalue weighted by molar-refractivity contribution is 7.92. The van der Waals surface area contributed by atoms with E-state index in [0.717, 1.165) is 29.8 Å². The van der Waals surface area contributed by atoms with E-state index in [1.165, 1.54) is 28.6 Å². The maximum absolute atomic E-state index is 12.8. The predicted octanol–water partition coefficient (Wildman–Crippen LogP) is 3.05. The van der Waals surface area contributed by atoms with E-state index >= 15 is 0 Å². The second kappa shape index (κ2) is 10.7. The van der Waals surface area contributed by atoms with Crippen LogP contribution in [0.3, 0.4) is 0 Å². The first-order valence-corrected chi connectivity index (χ1v) is 14.4. The summed E-state index contributed by atoms with van der Waals surface area (Å²) in [5, 5.41) is 2.63. The Bertz CT molecular complexity index is 1190. The highest BCUT2D eigenvalue weighted by Crippen LogP contribution is 2.24. The Morgan fingerprint density at radius 3 is 2.09 bits per heavy atom. The summed E-state index contributed by atoms with van der Waals surface area (Å²) in [6.45, 7) is 4.35. The number of sulfonamides is 2. The third-order valence-corrected chi connectivity index (χ3v) is 8.33. The molecule has 0 atom stereocenters. The first-order chi connectivity index (χ1) is 16.0. The number of carbonyl (C=O) groups excluding carboxylic acids is 1. The lowest BCUT2D eigenvalue weighted by molar-refractivity contribution is -0.114. The second-order valence-corrected chi connectivity index (χ2v) is 12.3. The van der Waals surface area contributed by atoms with E-state index in [0.29, 0.717) is 30.2 Å². The number of ether oxygens (including phenoxy) is 1. The molecule has 0 saturated carbocycles. The number of nitrogens with zero attached hydrogens (tertiary/aromatic N) is 2. The van der Waals surface area contributed by atoms with Crippen LogP contribution in [0.5, 0.6) is 5.75 Å². The molecule has 0 spiro atoms. The number of rotatable bonds is 9. The molecule has 1 aliphatic rings. The van der Waals surface area contributed by atoms with Gasteiger partial charge in [0.1, 0.15) is 12.3 Å². The Hall–Kier alpha value is -2.63. The van der Waals surface area contributed by atoms with Crippen molar-refractivity contribution in [3.8, 4) is 5.75 Å². The molecule has 1 saturated heterocycles. The summed E-state index contributed by atoms with van der Waals surface area (Å²) in [6, 6.07) is 12.3. The lowest BCUT2D eigenvalue weighted by Gasteiger charge is -2.26. The maximum Gasteiger partial charge on any atom is 0.245 e. The molecular weight excluding hydrogens is 478 g/mol. The molecule has 34 heavy (non-hydrogen) atoms. The zero-order valence-corrected chi connectivity index (χ0v) is 21.2. The summed E-state index contributed by atoms with van der Waals surface area (Å²) in [5.41, 5.74) is 0.702. The van der Waals surface area contributed by atoms with Crippen LogP contribution in [0.15, 0.2) is 53.4 Å². The van der Waals surface area contributed by atoms with Crippen molar-refractivity contribution in [2.24, 2.45) is 0 Å². The van der Waals surface area contributed by atoms with Gasteiger partial charge in [0.05, 0.1) is 22.9 Å². The first-order valence-electron chi connectivity index (χ1n) is 11.1. The maximum atomic E-state index is 12.8. The van der Waals surface area contributed by atoms with Gasteiger partial charge in [0.25, 0.3) is 0 Å². The number of benzene rings is 2. The number of amides is 1. The summed E-state index contributed by atoms with van der Waals surface area (Å²) in [7, 11) is -7.30. The van der Waals surface area contributed by atoms with Gasteiger partial charge in [-0.1, -0.05) is 6.42 Å². The molecule has 2 aromatic rings. The number of anilines is 2. The molecular formula is C23H31N3O6S2. The molecule has 11 heteroatoms. The van der Waals surface area contributed by atoms with Gasteiger partial charge in [0.2, 0.25) is 26.0 Å². The molecule has 1 fully saturated rings. The van der Waals surface area contributed by atoms with Crippen molar-refractivity contribution in [2.75, 3.05) is 35.5 Å². The molecule has 0 bridgehead atoms. The zero-order chi connectivity index (χ0) is 24.9. The Morgan fingerprint density at radius 1 is 0.971 bits per heavy atom. The van der Waals surface area contributed by atoms with Gasteiger partial charge >= 0.3 is 0 Å². The SMILES string of the molecule is CC(C)Oc1ccc(N(CC(=O)Nc2ccc(S(=O)(=O)N3CCCCC3)cc2)S(C)(=O)=O)cc1. The van der Waals surface area contributed by atoms with Gasteiger partial charge in [0.15, 0.2) is 0 Å². The fourth-order valence-corrected chi connectivity index (χ4v) is 6.03. The fraction of sp³-hybridized carbons (Fsp3) is 0.435. The highest BCUT2D eigenvalue weighted by Gasteiger charge is 2.26. The van der Waals surface area contributed by atoms with Gasteiger partial charge < -0.3 is 10.1 Å². The largest absolute Gasteiger partial charge is 0.491 e. The van der Waals surface area contributed by atoms with E-state index in [9.17, 15) is 21.6 Å². The minimum atomic E-state index is -3.73. The third kappa shape index (κ3) is 6.71. The van der Waals surface area contributed by atoms with E-state index in [-0.39, 0.29) is 11.0 Å². The van der Waals surface area contributed by atoms with Crippen molar-refractivity contribution in [3.63, 3.8) is 0 Å². The monoisotopic (exact) mass is 509 g/mol. The number of nitrogens with one attached hydrogen (secondary N) is 1. The van der Waals surface area contributed by atoms with Crippen LogP contribution in [0.4, 0.5) is 11.4 Å². The van der Waals surface area contributed by atoms with E-state index in [1.807, 2.05) is 13.8 Å². The van der Waals surface area contributed by atoms with Gasteiger partial charge in [0, 0.05) is 18.8 Å². The average molecular weight is 510 g/mol. The van der Waals surface area contributed by atoms with Crippen LogP contribution in [0.25, 0.3) is 0 Å². The van der Waals surface area contributed by atoms with E-state index < -0.39 is 32.5 Å². The van der Waals surface area contributed by atoms with Gasteiger partial charge in [-0.05, 0) is 75.2 Å². The third-order valence-electron chi connectivity index (χ3n) is 5.27. The fourth-order valence-electron chi connectivity index (χ4n) is 3.66. The number of piperidine rings is 1. The molecule has 1 amide bonds. The van der Waals surface area contributed by atoms with Crippen LogP contribution < -0.4 is 14.4 Å². The molecule has 1 aliphatic heterocycles. The van der Waals surface area contributed by atoms with E-state index in [4.69, 9.17) is 4.74 Å². The van der Waals surface area contributed by atoms with Crippen LogP contribution >= 0.6 is 0 Å². The summed E-state index contributed by atoms with van der Waals surface area (Å²) < 4.78 is 58.3. The van der Waals surface area contributed by atoms with E-state index in [2.05, 4.69) is 5.32 Å². The molecule has 0 aromatic heterocycles.